The van der Waals surface area contributed by atoms with Gasteiger partial charge in [-0.05, 0) is 100 Å². The minimum Gasteiger partial charge on any atom is -0.461 e. The van der Waals surface area contributed by atoms with E-state index in [0.717, 1.165) is 58.0 Å². The number of aryl methyl sites for hydroxylation is 2. The first-order valence-corrected chi connectivity index (χ1v) is 11.5. The van der Waals surface area contributed by atoms with Gasteiger partial charge in [0.1, 0.15) is 12.1 Å². The van der Waals surface area contributed by atoms with E-state index in [9.17, 15) is 4.79 Å². The molecule has 1 atom stereocenters. The van der Waals surface area contributed by atoms with Crippen molar-refractivity contribution in [3.63, 3.8) is 0 Å². The number of fused-ring (bicyclic) bond motifs is 3. The van der Waals surface area contributed by atoms with Gasteiger partial charge in [0.05, 0.1) is 0 Å². The Hall–Kier alpha value is -2.27. The quantitative estimate of drug-likeness (QED) is 0.552. The molecule has 30 heavy (non-hydrogen) atoms. The van der Waals surface area contributed by atoms with Crippen molar-refractivity contribution in [2.75, 3.05) is 13.1 Å². The summed E-state index contributed by atoms with van der Waals surface area (Å²) < 4.78 is 6.11. The Morgan fingerprint density at radius 3 is 2.07 bits per heavy atom. The van der Waals surface area contributed by atoms with Crippen molar-refractivity contribution in [3.8, 4) is 0 Å². The normalized spacial score (nSPS) is 22.9. The summed E-state index contributed by atoms with van der Waals surface area (Å²) in [5, 5.41) is 0. The molecule has 5 heterocycles. The van der Waals surface area contributed by atoms with Crippen LogP contribution in [0.3, 0.4) is 0 Å². The molecule has 0 aliphatic carbocycles. The van der Waals surface area contributed by atoms with Crippen molar-refractivity contribution in [3.05, 3.63) is 60.2 Å². The Morgan fingerprint density at radius 1 is 1.00 bits per heavy atom. The van der Waals surface area contributed by atoms with Crippen molar-refractivity contribution < 1.29 is 9.53 Å². The van der Waals surface area contributed by atoms with Crippen LogP contribution in [0.5, 0.6) is 0 Å². The van der Waals surface area contributed by atoms with Crippen LogP contribution in [0.2, 0.25) is 0 Å². The molecule has 2 aromatic heterocycles. The van der Waals surface area contributed by atoms with Crippen molar-refractivity contribution in [1.29, 1.82) is 0 Å². The van der Waals surface area contributed by atoms with Gasteiger partial charge in [-0.1, -0.05) is 12.1 Å². The maximum atomic E-state index is 13.0. The molecular weight excluding hydrogens is 374 g/mol. The van der Waals surface area contributed by atoms with E-state index in [1.54, 1.807) is 12.4 Å². The first-order valence-electron chi connectivity index (χ1n) is 11.5. The average Bonchev–Trinajstić information content (AvgIpc) is 2.81. The number of hydrogen-bond acceptors (Lipinski definition) is 5. The zero-order valence-electron chi connectivity index (χ0n) is 17.8. The number of nitrogens with zero attached hydrogens (tertiary/aromatic N) is 3. The Kier molecular flexibility index (Phi) is 7.46. The predicted octanol–water partition coefficient (Wildman–Crippen LogP) is 4.22. The molecule has 1 unspecified atom stereocenters. The van der Waals surface area contributed by atoms with Gasteiger partial charge >= 0.3 is 5.97 Å². The molecule has 2 aromatic rings. The zero-order valence-corrected chi connectivity index (χ0v) is 17.8. The third-order valence-corrected chi connectivity index (χ3v) is 6.63. The van der Waals surface area contributed by atoms with E-state index in [1.165, 1.54) is 24.0 Å². The maximum Gasteiger partial charge on any atom is 0.323 e. The number of pyridine rings is 2. The molecule has 3 fully saturated rings. The number of carbonyl (C=O) groups excluding carboxylic acids is 1. The van der Waals surface area contributed by atoms with E-state index in [2.05, 4.69) is 27.0 Å². The molecule has 5 nitrogen and oxygen atoms in total. The number of carbonyl (C=O) groups is 1. The van der Waals surface area contributed by atoms with Gasteiger partial charge in [-0.3, -0.25) is 19.7 Å². The first kappa shape index (κ1) is 21.0. The van der Waals surface area contributed by atoms with Crippen LogP contribution in [0.25, 0.3) is 0 Å². The first-order chi connectivity index (χ1) is 14.8. The second-order valence-electron chi connectivity index (χ2n) is 8.80. The summed E-state index contributed by atoms with van der Waals surface area (Å²) in [5.74, 6) is 0.717. The second kappa shape index (κ2) is 10.7. The smallest absolute Gasteiger partial charge is 0.323 e. The van der Waals surface area contributed by atoms with E-state index < -0.39 is 0 Å². The monoisotopic (exact) mass is 407 g/mol. The molecule has 0 aromatic carbocycles. The fourth-order valence-electron chi connectivity index (χ4n) is 4.88. The molecular formula is C25H33N3O2. The molecule has 0 saturated carbocycles. The third kappa shape index (κ3) is 5.88. The minimum absolute atomic E-state index is 0.00663. The van der Waals surface area contributed by atoms with Gasteiger partial charge in [-0.15, -0.1) is 0 Å². The molecule has 0 radical (unpaired) electrons. The largest absolute Gasteiger partial charge is 0.461 e. The highest BCUT2D eigenvalue weighted by atomic mass is 16.5. The highest BCUT2D eigenvalue weighted by Crippen LogP contribution is 2.32. The standard InChI is InChI=1S/C25H33N3O2/c29-25(24-17-20-11-15-28(24)16-12-20)30-23(9-1-5-21-7-3-13-26-18-21)10-2-6-22-8-4-14-27-19-22/h3-4,7-8,13-14,18-20,23-24H,1-2,5-6,9-12,15-17H2. The summed E-state index contributed by atoms with van der Waals surface area (Å²) in [4.78, 5) is 23.7. The van der Waals surface area contributed by atoms with E-state index >= 15 is 0 Å². The predicted molar refractivity (Wildman–Crippen MR) is 117 cm³/mol. The second-order valence-corrected chi connectivity index (χ2v) is 8.80. The molecule has 0 N–H and O–H groups in total. The van der Waals surface area contributed by atoms with Gasteiger partial charge in [-0.25, -0.2) is 0 Å². The van der Waals surface area contributed by atoms with Crippen LogP contribution in [0.1, 0.15) is 56.1 Å². The Bertz CT molecular complexity index is 730. The third-order valence-electron chi connectivity index (χ3n) is 6.63. The van der Waals surface area contributed by atoms with Crippen LogP contribution in [0.15, 0.2) is 49.1 Å². The van der Waals surface area contributed by atoms with Crippen LogP contribution < -0.4 is 0 Å². The molecule has 3 aliphatic heterocycles. The van der Waals surface area contributed by atoms with E-state index in [4.69, 9.17) is 4.74 Å². The Balaban J connectivity index is 1.30. The summed E-state index contributed by atoms with van der Waals surface area (Å²) in [7, 11) is 0. The topological polar surface area (TPSA) is 55.3 Å². The number of hydrogen-bond donors (Lipinski definition) is 0. The summed E-state index contributed by atoms with van der Waals surface area (Å²) in [6, 6.07) is 8.17. The Labute approximate surface area is 179 Å². The lowest BCUT2D eigenvalue weighted by molar-refractivity contribution is -0.160. The number of ether oxygens (including phenoxy) is 1. The van der Waals surface area contributed by atoms with Crippen LogP contribution in [-0.2, 0) is 22.4 Å². The van der Waals surface area contributed by atoms with Crippen LogP contribution in [0, 0.1) is 5.92 Å². The number of piperidine rings is 3. The molecule has 3 aliphatic rings. The SMILES string of the molecule is O=C(OC(CCCc1cccnc1)CCCc1cccnc1)C1CC2CCN1CC2. The molecule has 5 rings (SSSR count). The highest BCUT2D eigenvalue weighted by Gasteiger charge is 2.39. The molecule has 160 valence electrons. The van der Waals surface area contributed by atoms with Gasteiger partial charge in [0.15, 0.2) is 0 Å². The molecule has 3 saturated heterocycles. The minimum atomic E-state index is -0.0170. The Morgan fingerprint density at radius 2 is 1.60 bits per heavy atom. The molecule has 2 bridgehead atoms. The number of esters is 1. The van der Waals surface area contributed by atoms with E-state index in [-0.39, 0.29) is 18.1 Å². The van der Waals surface area contributed by atoms with Crippen molar-refractivity contribution in [1.82, 2.24) is 14.9 Å². The zero-order chi connectivity index (χ0) is 20.6. The fraction of sp³-hybridized carbons (Fsp3) is 0.560. The molecule has 0 spiro atoms. The van der Waals surface area contributed by atoms with Gasteiger partial charge in [0.2, 0.25) is 0 Å². The van der Waals surface area contributed by atoms with Gasteiger partial charge in [0, 0.05) is 24.8 Å². The summed E-state index contributed by atoms with van der Waals surface area (Å²) >= 11 is 0. The van der Waals surface area contributed by atoms with Crippen LogP contribution in [-0.4, -0.2) is 46.1 Å². The lowest BCUT2D eigenvalue weighted by atomic mass is 9.83. The van der Waals surface area contributed by atoms with E-state index in [0.29, 0.717) is 5.92 Å². The van der Waals surface area contributed by atoms with Crippen LogP contribution >= 0.6 is 0 Å². The number of aromatic nitrogens is 2. The van der Waals surface area contributed by atoms with Gasteiger partial charge in [-0.2, -0.15) is 0 Å². The molecule has 0 amide bonds. The summed E-state index contributed by atoms with van der Waals surface area (Å²) in [6.07, 6.45) is 16.7. The highest BCUT2D eigenvalue weighted by molar-refractivity contribution is 5.76. The average molecular weight is 408 g/mol. The summed E-state index contributed by atoms with van der Waals surface area (Å²) in [5.41, 5.74) is 2.49. The lowest BCUT2D eigenvalue weighted by Crippen LogP contribution is -2.53. The fourth-order valence-corrected chi connectivity index (χ4v) is 4.88. The lowest BCUT2D eigenvalue weighted by Gasteiger charge is -2.44. The van der Waals surface area contributed by atoms with Gasteiger partial charge < -0.3 is 4.74 Å². The van der Waals surface area contributed by atoms with Crippen molar-refractivity contribution >= 4 is 5.97 Å². The van der Waals surface area contributed by atoms with E-state index in [1.807, 2.05) is 24.5 Å². The molecule has 5 heteroatoms. The summed E-state index contributed by atoms with van der Waals surface area (Å²) in [6.45, 7) is 2.11. The van der Waals surface area contributed by atoms with Crippen LogP contribution in [0.4, 0.5) is 0 Å². The maximum absolute atomic E-state index is 13.0. The van der Waals surface area contributed by atoms with Gasteiger partial charge in [0.25, 0.3) is 0 Å². The number of rotatable bonds is 10. The van der Waals surface area contributed by atoms with Crippen molar-refractivity contribution in [2.24, 2.45) is 5.92 Å². The van der Waals surface area contributed by atoms with Crippen molar-refractivity contribution in [2.45, 2.75) is 69.9 Å².